The molecule has 1 heterocycles. The zero-order chi connectivity index (χ0) is 22.7. The highest BCUT2D eigenvalue weighted by atomic mass is 16.5. The van der Waals surface area contributed by atoms with Crippen molar-refractivity contribution >= 4 is 5.91 Å². The molecule has 166 valence electrons. The van der Waals surface area contributed by atoms with E-state index in [0.717, 1.165) is 22.4 Å². The van der Waals surface area contributed by atoms with Gasteiger partial charge < -0.3 is 14.8 Å². The minimum atomic E-state index is 0.00968. The molecule has 0 saturated carbocycles. The van der Waals surface area contributed by atoms with Gasteiger partial charge in [0.1, 0.15) is 18.1 Å². The summed E-state index contributed by atoms with van der Waals surface area (Å²) in [6, 6.07) is 31.1. The summed E-state index contributed by atoms with van der Waals surface area (Å²) in [5.41, 5.74) is 3.20. The van der Waals surface area contributed by atoms with Crippen LogP contribution in [0.1, 0.15) is 23.1 Å². The van der Waals surface area contributed by atoms with Crippen molar-refractivity contribution in [1.29, 1.82) is 0 Å². The number of pyridine rings is 1. The minimum Gasteiger partial charge on any atom is -0.489 e. The smallest absolute Gasteiger partial charge is 0.220 e. The lowest BCUT2D eigenvalue weighted by Gasteiger charge is -2.09. The van der Waals surface area contributed by atoms with Gasteiger partial charge in [0.05, 0.1) is 0 Å². The number of nitrogens with one attached hydrogen (secondary N) is 1. The van der Waals surface area contributed by atoms with Crippen LogP contribution in [-0.4, -0.2) is 10.9 Å². The first kappa shape index (κ1) is 22.1. The Hall–Kier alpha value is -4.12. The van der Waals surface area contributed by atoms with Gasteiger partial charge >= 0.3 is 0 Å². The SMILES string of the molecule is O=C(CCc1ccc(OCc2ccccc2)cc1)NCc1cccc(Oc2ccccn2)c1. The zero-order valence-corrected chi connectivity index (χ0v) is 18.3. The lowest BCUT2D eigenvalue weighted by molar-refractivity contribution is -0.121. The number of hydrogen-bond acceptors (Lipinski definition) is 4. The molecule has 33 heavy (non-hydrogen) atoms. The van der Waals surface area contributed by atoms with E-state index in [-0.39, 0.29) is 5.91 Å². The molecule has 3 aromatic carbocycles. The molecule has 1 aromatic heterocycles. The maximum atomic E-state index is 12.3. The average molecular weight is 439 g/mol. The van der Waals surface area contributed by atoms with Crippen LogP contribution in [0.25, 0.3) is 0 Å². The van der Waals surface area contributed by atoms with E-state index in [1.807, 2.05) is 91.0 Å². The molecule has 0 aliphatic rings. The third-order valence-corrected chi connectivity index (χ3v) is 5.06. The van der Waals surface area contributed by atoms with Crippen LogP contribution in [0.4, 0.5) is 0 Å². The molecule has 0 radical (unpaired) electrons. The van der Waals surface area contributed by atoms with Crippen LogP contribution in [0.2, 0.25) is 0 Å². The minimum absolute atomic E-state index is 0.00968. The molecule has 5 heteroatoms. The summed E-state index contributed by atoms with van der Waals surface area (Å²) < 4.78 is 11.6. The Kier molecular flexibility index (Phi) is 7.69. The largest absolute Gasteiger partial charge is 0.489 e. The molecule has 0 fully saturated rings. The summed E-state index contributed by atoms with van der Waals surface area (Å²) in [7, 11) is 0. The highest BCUT2D eigenvalue weighted by molar-refractivity contribution is 5.76. The molecular weight excluding hydrogens is 412 g/mol. The number of hydrogen-bond donors (Lipinski definition) is 1. The standard InChI is InChI=1S/C28H26N2O3/c31-27(30-20-24-9-6-10-26(19-24)33-28-11-4-5-18-29-28)17-14-22-12-15-25(16-13-22)32-21-23-7-2-1-3-8-23/h1-13,15-16,18-19H,14,17,20-21H2,(H,30,31). The van der Waals surface area contributed by atoms with E-state index >= 15 is 0 Å². The van der Waals surface area contributed by atoms with E-state index in [9.17, 15) is 4.79 Å². The Labute approximate surface area is 194 Å². The monoisotopic (exact) mass is 438 g/mol. The second-order valence-electron chi connectivity index (χ2n) is 7.61. The lowest BCUT2D eigenvalue weighted by Crippen LogP contribution is -2.22. The van der Waals surface area contributed by atoms with Crippen LogP contribution in [-0.2, 0) is 24.4 Å². The zero-order valence-electron chi connectivity index (χ0n) is 18.3. The summed E-state index contributed by atoms with van der Waals surface area (Å²) in [6.45, 7) is 0.987. The molecule has 0 unspecified atom stereocenters. The van der Waals surface area contributed by atoms with Crippen LogP contribution in [0.15, 0.2) is 103 Å². The van der Waals surface area contributed by atoms with Crippen molar-refractivity contribution in [3.63, 3.8) is 0 Å². The normalized spacial score (nSPS) is 10.4. The molecule has 4 aromatic rings. The maximum Gasteiger partial charge on any atom is 0.220 e. The molecule has 0 bridgehead atoms. The first-order valence-corrected chi connectivity index (χ1v) is 10.9. The molecule has 5 nitrogen and oxygen atoms in total. The molecule has 1 N–H and O–H groups in total. The van der Waals surface area contributed by atoms with Crippen molar-refractivity contribution < 1.29 is 14.3 Å². The maximum absolute atomic E-state index is 12.3. The van der Waals surface area contributed by atoms with Crippen LogP contribution in [0, 0.1) is 0 Å². The predicted molar refractivity (Wildman–Crippen MR) is 128 cm³/mol. The second kappa shape index (κ2) is 11.5. The third-order valence-electron chi connectivity index (χ3n) is 5.06. The third kappa shape index (κ3) is 7.21. The van der Waals surface area contributed by atoms with Crippen LogP contribution in [0.5, 0.6) is 17.4 Å². The van der Waals surface area contributed by atoms with Gasteiger partial charge in [0.25, 0.3) is 0 Å². The number of amides is 1. The fourth-order valence-electron chi connectivity index (χ4n) is 3.29. The van der Waals surface area contributed by atoms with Crippen LogP contribution in [0.3, 0.4) is 0 Å². The average Bonchev–Trinajstić information content (AvgIpc) is 2.87. The number of aryl methyl sites for hydroxylation is 1. The van der Waals surface area contributed by atoms with E-state index < -0.39 is 0 Å². The van der Waals surface area contributed by atoms with Gasteiger partial charge in [-0.05, 0) is 53.4 Å². The summed E-state index contributed by atoms with van der Waals surface area (Å²) in [6.07, 6.45) is 2.78. The number of nitrogens with zero attached hydrogens (tertiary/aromatic N) is 1. The summed E-state index contributed by atoms with van der Waals surface area (Å²) in [4.78, 5) is 16.5. The molecule has 0 spiro atoms. The van der Waals surface area contributed by atoms with Crippen LogP contribution >= 0.6 is 0 Å². The number of aromatic nitrogens is 1. The highest BCUT2D eigenvalue weighted by Crippen LogP contribution is 2.20. The molecule has 4 rings (SSSR count). The first-order valence-electron chi connectivity index (χ1n) is 10.9. The lowest BCUT2D eigenvalue weighted by atomic mass is 10.1. The Morgan fingerprint density at radius 2 is 1.55 bits per heavy atom. The number of benzene rings is 3. The number of rotatable bonds is 10. The first-order chi connectivity index (χ1) is 16.2. The van der Waals surface area contributed by atoms with Gasteiger partial charge in [0, 0.05) is 25.2 Å². The molecular formula is C28H26N2O3. The fraction of sp³-hybridized carbons (Fsp3) is 0.143. The number of carbonyl (C=O) groups excluding carboxylic acids is 1. The molecule has 1 amide bonds. The second-order valence-corrected chi connectivity index (χ2v) is 7.61. The highest BCUT2D eigenvalue weighted by Gasteiger charge is 2.05. The summed E-state index contributed by atoms with van der Waals surface area (Å²) in [5.74, 6) is 2.06. The van der Waals surface area contributed by atoms with Crippen molar-refractivity contribution in [3.8, 4) is 17.4 Å². The quantitative estimate of drug-likeness (QED) is 0.345. The summed E-state index contributed by atoms with van der Waals surface area (Å²) >= 11 is 0. The van der Waals surface area contributed by atoms with Gasteiger partial charge in [-0.1, -0.05) is 60.7 Å². The van der Waals surface area contributed by atoms with E-state index in [1.54, 1.807) is 12.3 Å². The van der Waals surface area contributed by atoms with E-state index in [1.165, 1.54) is 0 Å². The van der Waals surface area contributed by atoms with Crippen molar-refractivity contribution in [2.45, 2.75) is 26.0 Å². The van der Waals surface area contributed by atoms with Crippen molar-refractivity contribution in [2.24, 2.45) is 0 Å². The Morgan fingerprint density at radius 3 is 2.33 bits per heavy atom. The predicted octanol–water partition coefficient (Wildman–Crippen LogP) is 5.70. The van der Waals surface area contributed by atoms with Gasteiger partial charge in [-0.15, -0.1) is 0 Å². The van der Waals surface area contributed by atoms with E-state index in [2.05, 4.69) is 10.3 Å². The van der Waals surface area contributed by atoms with Gasteiger partial charge in [0.2, 0.25) is 11.8 Å². The molecule has 0 aliphatic heterocycles. The number of carbonyl (C=O) groups is 1. The fourth-order valence-corrected chi connectivity index (χ4v) is 3.29. The summed E-state index contributed by atoms with van der Waals surface area (Å²) in [5, 5.41) is 2.98. The molecule has 0 aliphatic carbocycles. The number of ether oxygens (including phenoxy) is 2. The van der Waals surface area contributed by atoms with Crippen molar-refractivity contribution in [3.05, 3.63) is 120 Å². The van der Waals surface area contributed by atoms with Gasteiger partial charge in [0.15, 0.2) is 0 Å². The Balaban J connectivity index is 1.20. The van der Waals surface area contributed by atoms with Gasteiger partial charge in [-0.2, -0.15) is 0 Å². The van der Waals surface area contributed by atoms with E-state index in [4.69, 9.17) is 9.47 Å². The van der Waals surface area contributed by atoms with Gasteiger partial charge in [-0.25, -0.2) is 4.98 Å². The van der Waals surface area contributed by atoms with Crippen LogP contribution < -0.4 is 14.8 Å². The topological polar surface area (TPSA) is 60.5 Å². The Morgan fingerprint density at radius 1 is 0.758 bits per heavy atom. The van der Waals surface area contributed by atoms with E-state index in [0.29, 0.717) is 37.6 Å². The Bertz CT molecular complexity index is 1150. The molecule has 0 atom stereocenters. The molecule has 0 saturated heterocycles. The van der Waals surface area contributed by atoms with Crippen molar-refractivity contribution in [2.75, 3.05) is 0 Å². The van der Waals surface area contributed by atoms with Gasteiger partial charge in [-0.3, -0.25) is 4.79 Å². The van der Waals surface area contributed by atoms with Crippen molar-refractivity contribution in [1.82, 2.24) is 10.3 Å².